The molecule has 2 saturated carbocycles. The summed E-state index contributed by atoms with van der Waals surface area (Å²) in [5.41, 5.74) is 3.96. The van der Waals surface area contributed by atoms with Crippen molar-refractivity contribution >= 4 is 22.8 Å². The molecule has 0 bridgehead atoms. The lowest BCUT2D eigenvalue weighted by molar-refractivity contribution is -0.128. The molecule has 2 heterocycles. The van der Waals surface area contributed by atoms with Crippen molar-refractivity contribution in [2.45, 2.75) is 77.8 Å². The van der Waals surface area contributed by atoms with E-state index in [1.54, 1.807) is 0 Å². The van der Waals surface area contributed by atoms with E-state index in [-0.39, 0.29) is 11.8 Å². The molecule has 2 N–H and O–H groups in total. The van der Waals surface area contributed by atoms with Crippen LogP contribution in [0, 0.1) is 26.7 Å². The average molecular weight is 433 g/mol. The highest BCUT2D eigenvalue weighted by Crippen LogP contribution is 2.30. The quantitative estimate of drug-likeness (QED) is 0.625. The number of carbonyl (C=O) groups excluding carboxylic acids is 1. The fraction of sp³-hybridized carbons (Fsp3) is 0.520. The highest BCUT2D eigenvalue weighted by molar-refractivity contribution is 5.90. The van der Waals surface area contributed by atoms with Gasteiger partial charge in [-0.25, -0.2) is 14.6 Å². The van der Waals surface area contributed by atoms with Gasteiger partial charge < -0.3 is 10.6 Å². The number of benzene rings is 1. The largest absolute Gasteiger partial charge is 0.367 e. The van der Waals surface area contributed by atoms with E-state index in [2.05, 4.69) is 35.8 Å². The molecule has 3 aromatic rings. The van der Waals surface area contributed by atoms with Crippen molar-refractivity contribution in [3.63, 3.8) is 0 Å². The number of amides is 1. The monoisotopic (exact) mass is 432 g/mol. The van der Waals surface area contributed by atoms with E-state index in [1.165, 1.54) is 12.0 Å². The Balaban J connectivity index is 1.33. The van der Waals surface area contributed by atoms with Crippen LogP contribution in [0.5, 0.6) is 0 Å². The molecule has 2 aromatic heterocycles. The fourth-order valence-electron chi connectivity index (χ4n) is 4.90. The van der Waals surface area contributed by atoms with Crippen molar-refractivity contribution in [2.24, 2.45) is 5.92 Å². The van der Waals surface area contributed by atoms with Crippen LogP contribution in [-0.4, -0.2) is 37.7 Å². The molecule has 0 atom stereocenters. The van der Waals surface area contributed by atoms with Crippen LogP contribution >= 0.6 is 0 Å². The zero-order chi connectivity index (χ0) is 22.2. The minimum atomic E-state index is 0.260. The summed E-state index contributed by atoms with van der Waals surface area (Å²) in [6.07, 6.45) is 7.36. The van der Waals surface area contributed by atoms with E-state index >= 15 is 0 Å². The summed E-state index contributed by atoms with van der Waals surface area (Å²) in [4.78, 5) is 21.8. The number of anilines is 1. The SMILES string of the molecule is Cc1cccc(-n2nc(C)c3c(NC4CCC(NC(=O)C5CCC5)CC4)nc(C)nc32)c1. The second-order valence-electron chi connectivity index (χ2n) is 9.48. The van der Waals surface area contributed by atoms with Gasteiger partial charge in [-0.05, 0) is 77.0 Å². The Morgan fingerprint density at radius 1 is 1.00 bits per heavy atom. The lowest BCUT2D eigenvalue weighted by atomic mass is 9.84. The predicted molar refractivity (Wildman–Crippen MR) is 126 cm³/mol. The number of hydrogen-bond acceptors (Lipinski definition) is 5. The molecule has 0 saturated heterocycles. The van der Waals surface area contributed by atoms with Crippen LogP contribution in [0.25, 0.3) is 16.7 Å². The molecule has 32 heavy (non-hydrogen) atoms. The predicted octanol–water partition coefficient (Wildman–Crippen LogP) is 4.38. The van der Waals surface area contributed by atoms with Crippen LogP contribution < -0.4 is 10.6 Å². The Kier molecular flexibility index (Phi) is 5.57. The van der Waals surface area contributed by atoms with Gasteiger partial charge >= 0.3 is 0 Å². The maximum atomic E-state index is 12.3. The van der Waals surface area contributed by atoms with Gasteiger partial charge in [0.15, 0.2) is 5.65 Å². The van der Waals surface area contributed by atoms with Crippen LogP contribution in [-0.2, 0) is 4.79 Å². The number of aromatic nitrogens is 4. The molecular weight excluding hydrogens is 400 g/mol. The molecule has 7 nitrogen and oxygen atoms in total. The second-order valence-corrected chi connectivity index (χ2v) is 9.48. The molecule has 1 amide bonds. The normalized spacial score (nSPS) is 21.3. The van der Waals surface area contributed by atoms with Gasteiger partial charge in [0.2, 0.25) is 5.91 Å². The van der Waals surface area contributed by atoms with Gasteiger partial charge in [0.25, 0.3) is 0 Å². The Morgan fingerprint density at radius 2 is 1.75 bits per heavy atom. The van der Waals surface area contributed by atoms with Crippen molar-refractivity contribution in [1.82, 2.24) is 25.1 Å². The van der Waals surface area contributed by atoms with E-state index < -0.39 is 0 Å². The first-order valence-corrected chi connectivity index (χ1v) is 11.9. The van der Waals surface area contributed by atoms with Crippen LogP contribution in [0.1, 0.15) is 62.0 Å². The topological polar surface area (TPSA) is 84.7 Å². The number of nitrogens with zero attached hydrogens (tertiary/aromatic N) is 4. The first-order chi connectivity index (χ1) is 15.5. The third-order valence-electron chi connectivity index (χ3n) is 6.95. The van der Waals surface area contributed by atoms with Crippen molar-refractivity contribution < 1.29 is 4.79 Å². The molecule has 168 valence electrons. The summed E-state index contributed by atoms with van der Waals surface area (Å²) in [6, 6.07) is 8.95. The highest BCUT2D eigenvalue weighted by Gasteiger charge is 2.29. The molecule has 5 rings (SSSR count). The van der Waals surface area contributed by atoms with Gasteiger partial charge in [-0.2, -0.15) is 5.10 Å². The number of aryl methyl sites for hydroxylation is 3. The van der Waals surface area contributed by atoms with Gasteiger partial charge in [-0.3, -0.25) is 4.79 Å². The Morgan fingerprint density at radius 3 is 2.44 bits per heavy atom. The van der Waals surface area contributed by atoms with Gasteiger partial charge in [0, 0.05) is 18.0 Å². The van der Waals surface area contributed by atoms with Crippen molar-refractivity contribution in [1.29, 1.82) is 0 Å². The van der Waals surface area contributed by atoms with Gasteiger partial charge in [-0.15, -0.1) is 0 Å². The minimum absolute atomic E-state index is 0.260. The lowest BCUT2D eigenvalue weighted by Gasteiger charge is -2.32. The maximum Gasteiger partial charge on any atom is 0.223 e. The third kappa shape index (κ3) is 4.08. The zero-order valence-electron chi connectivity index (χ0n) is 19.2. The van der Waals surface area contributed by atoms with Crippen LogP contribution in [0.2, 0.25) is 0 Å². The molecule has 0 radical (unpaired) electrons. The Labute approximate surface area is 189 Å². The van der Waals surface area contributed by atoms with E-state index in [9.17, 15) is 4.79 Å². The minimum Gasteiger partial charge on any atom is -0.367 e. The molecule has 2 fully saturated rings. The lowest BCUT2D eigenvalue weighted by Crippen LogP contribution is -2.44. The van der Waals surface area contributed by atoms with Gasteiger partial charge in [0.05, 0.1) is 16.8 Å². The number of fused-ring (bicyclic) bond motifs is 1. The maximum absolute atomic E-state index is 12.3. The summed E-state index contributed by atoms with van der Waals surface area (Å²) < 4.78 is 1.92. The van der Waals surface area contributed by atoms with Crippen molar-refractivity contribution in [3.05, 3.63) is 41.3 Å². The van der Waals surface area contributed by atoms with E-state index in [4.69, 9.17) is 15.1 Å². The van der Waals surface area contributed by atoms with Crippen LogP contribution in [0.3, 0.4) is 0 Å². The molecule has 0 spiro atoms. The van der Waals surface area contributed by atoms with E-state index in [0.29, 0.717) is 12.1 Å². The fourth-order valence-corrected chi connectivity index (χ4v) is 4.90. The van der Waals surface area contributed by atoms with Crippen LogP contribution in [0.15, 0.2) is 24.3 Å². The summed E-state index contributed by atoms with van der Waals surface area (Å²) in [5.74, 6) is 2.12. The first kappa shape index (κ1) is 20.9. The average Bonchev–Trinajstić information content (AvgIpc) is 3.04. The smallest absolute Gasteiger partial charge is 0.223 e. The van der Waals surface area contributed by atoms with E-state index in [1.807, 2.05) is 24.6 Å². The number of nitrogens with one attached hydrogen (secondary N) is 2. The summed E-state index contributed by atoms with van der Waals surface area (Å²) >= 11 is 0. The molecule has 2 aliphatic carbocycles. The summed E-state index contributed by atoms with van der Waals surface area (Å²) in [7, 11) is 0. The summed E-state index contributed by atoms with van der Waals surface area (Å²) in [6.45, 7) is 6.03. The molecule has 1 aromatic carbocycles. The number of rotatable bonds is 5. The van der Waals surface area contributed by atoms with Gasteiger partial charge in [-0.1, -0.05) is 18.6 Å². The molecule has 7 heteroatoms. The number of hydrogen-bond donors (Lipinski definition) is 2. The summed E-state index contributed by atoms with van der Waals surface area (Å²) in [5, 5.41) is 12.7. The van der Waals surface area contributed by atoms with Crippen molar-refractivity contribution in [2.75, 3.05) is 5.32 Å². The molecular formula is C25H32N6O. The van der Waals surface area contributed by atoms with E-state index in [0.717, 1.165) is 72.6 Å². The van der Waals surface area contributed by atoms with Crippen LogP contribution in [0.4, 0.5) is 5.82 Å². The first-order valence-electron chi connectivity index (χ1n) is 11.9. The highest BCUT2D eigenvalue weighted by atomic mass is 16.2. The Hall–Kier alpha value is -2.96. The Bertz CT molecular complexity index is 1140. The third-order valence-corrected chi connectivity index (χ3v) is 6.95. The molecule has 2 aliphatic rings. The zero-order valence-corrected chi connectivity index (χ0v) is 19.2. The second kappa shape index (κ2) is 8.52. The molecule has 0 aliphatic heterocycles. The molecule has 0 unspecified atom stereocenters. The van der Waals surface area contributed by atoms with Gasteiger partial charge in [0.1, 0.15) is 11.6 Å². The standard InChI is InChI=1S/C25H32N6O/c1-15-6-4-9-21(14-15)31-24-22(16(2)30-31)23(26-17(3)27-24)28-19-10-12-20(13-11-19)29-25(32)18-7-5-8-18/h4,6,9,14,18-20H,5,7-8,10-13H2,1-3H3,(H,29,32)(H,26,27,28). The number of carbonyl (C=O) groups is 1. The van der Waals surface area contributed by atoms with Crippen molar-refractivity contribution in [3.8, 4) is 5.69 Å².